The molecule has 0 saturated carbocycles. The number of rotatable bonds is 4. The lowest BCUT2D eigenvalue weighted by atomic mass is 10.2. The molecule has 0 bridgehead atoms. The molecule has 1 aliphatic heterocycles. The number of carbonyl (C=O) groups is 1. The van der Waals surface area contributed by atoms with Crippen LogP contribution in [0.15, 0.2) is 49.2 Å². The van der Waals surface area contributed by atoms with Crippen LogP contribution >= 0.6 is 0 Å². The van der Waals surface area contributed by atoms with Gasteiger partial charge in [0, 0.05) is 37.5 Å². The second-order valence-electron chi connectivity index (χ2n) is 6.15. The average Bonchev–Trinajstić information content (AvgIpc) is 3.34. The number of benzene rings is 1. The van der Waals surface area contributed by atoms with Gasteiger partial charge >= 0.3 is 0 Å². The summed E-state index contributed by atoms with van der Waals surface area (Å²) in [6.45, 7) is 0.620. The number of nitrogens with zero attached hydrogens (tertiary/aromatic N) is 5. The highest BCUT2D eigenvalue weighted by Gasteiger charge is 2.32. The molecule has 1 aromatic carbocycles. The molecular weight excluding hydrogens is 318 g/mol. The number of ether oxygens (including phenoxy) is 1. The maximum atomic E-state index is 12.5. The van der Waals surface area contributed by atoms with E-state index in [1.807, 2.05) is 54.8 Å². The molecule has 3 heterocycles. The van der Waals surface area contributed by atoms with E-state index < -0.39 is 0 Å². The molecule has 3 aromatic rings. The molecule has 7 heteroatoms. The summed E-state index contributed by atoms with van der Waals surface area (Å²) in [5.74, 6) is 0.890. The lowest BCUT2D eigenvalue weighted by Crippen LogP contribution is -2.24. The van der Waals surface area contributed by atoms with Gasteiger partial charge in [-0.05, 0) is 24.3 Å². The molecule has 1 fully saturated rings. The Bertz CT molecular complexity index is 896. The predicted molar refractivity (Wildman–Crippen MR) is 93.4 cm³/mol. The number of aromatic nitrogens is 4. The summed E-state index contributed by atoms with van der Waals surface area (Å²) in [5, 5.41) is 4.22. The molecule has 1 saturated heterocycles. The highest BCUT2D eigenvalue weighted by atomic mass is 16.5. The summed E-state index contributed by atoms with van der Waals surface area (Å²) >= 11 is 0. The van der Waals surface area contributed by atoms with Gasteiger partial charge in [-0.3, -0.25) is 9.48 Å². The van der Waals surface area contributed by atoms with Gasteiger partial charge in [0.2, 0.25) is 5.91 Å². The quantitative estimate of drug-likeness (QED) is 0.732. The molecule has 0 unspecified atom stereocenters. The number of aryl methyl sites for hydroxylation is 1. The zero-order valence-electron chi connectivity index (χ0n) is 14.2. The van der Waals surface area contributed by atoms with E-state index in [0.29, 0.717) is 13.0 Å². The van der Waals surface area contributed by atoms with E-state index in [1.54, 1.807) is 18.1 Å². The van der Waals surface area contributed by atoms with Crippen molar-refractivity contribution in [2.24, 2.45) is 7.05 Å². The fourth-order valence-electron chi connectivity index (χ4n) is 3.26. The topological polar surface area (TPSA) is 65.2 Å². The van der Waals surface area contributed by atoms with Crippen LogP contribution in [0.25, 0.3) is 11.3 Å². The van der Waals surface area contributed by atoms with Crippen molar-refractivity contribution in [1.82, 2.24) is 19.3 Å². The van der Waals surface area contributed by atoms with Crippen LogP contribution in [0.3, 0.4) is 0 Å². The first-order valence-corrected chi connectivity index (χ1v) is 8.11. The molecule has 0 spiro atoms. The van der Waals surface area contributed by atoms with Gasteiger partial charge in [-0.25, -0.2) is 4.98 Å². The van der Waals surface area contributed by atoms with Crippen molar-refractivity contribution < 1.29 is 9.53 Å². The smallest absolute Gasteiger partial charge is 0.229 e. The molecule has 0 N–H and O–H groups in total. The van der Waals surface area contributed by atoms with Gasteiger partial charge in [0.15, 0.2) is 0 Å². The van der Waals surface area contributed by atoms with E-state index in [2.05, 4.69) is 14.6 Å². The maximum absolute atomic E-state index is 12.5. The SMILES string of the molecule is COc1ccc(N2C[C@H](n3cncc3-c3cnn(C)c3)CC2=O)cc1. The third-order valence-electron chi connectivity index (χ3n) is 4.55. The molecule has 0 aliphatic carbocycles. The number of anilines is 1. The molecule has 4 rings (SSSR count). The van der Waals surface area contributed by atoms with Crippen LogP contribution in [0.2, 0.25) is 0 Å². The summed E-state index contributed by atoms with van der Waals surface area (Å²) in [4.78, 5) is 18.6. The van der Waals surface area contributed by atoms with Crippen molar-refractivity contribution in [2.45, 2.75) is 12.5 Å². The van der Waals surface area contributed by atoms with E-state index in [9.17, 15) is 4.79 Å². The van der Waals surface area contributed by atoms with Crippen LogP contribution in [0.5, 0.6) is 5.75 Å². The number of carbonyl (C=O) groups excluding carboxylic acids is 1. The zero-order chi connectivity index (χ0) is 17.4. The first kappa shape index (κ1) is 15.4. The first-order valence-electron chi connectivity index (χ1n) is 8.11. The Balaban J connectivity index is 1.59. The Morgan fingerprint density at radius 3 is 2.68 bits per heavy atom. The Kier molecular flexibility index (Phi) is 3.76. The van der Waals surface area contributed by atoms with Crippen molar-refractivity contribution in [2.75, 3.05) is 18.6 Å². The van der Waals surface area contributed by atoms with Crippen LogP contribution in [0, 0.1) is 0 Å². The van der Waals surface area contributed by atoms with Crippen molar-refractivity contribution >= 4 is 11.6 Å². The lowest BCUT2D eigenvalue weighted by Gasteiger charge is -2.18. The number of amides is 1. The van der Waals surface area contributed by atoms with Crippen molar-refractivity contribution in [3.8, 4) is 17.0 Å². The van der Waals surface area contributed by atoms with Gasteiger partial charge in [-0.2, -0.15) is 5.10 Å². The first-order chi connectivity index (χ1) is 12.2. The number of hydrogen-bond donors (Lipinski definition) is 0. The largest absolute Gasteiger partial charge is 0.497 e. The van der Waals surface area contributed by atoms with Gasteiger partial charge in [0.1, 0.15) is 5.75 Å². The normalized spacial score (nSPS) is 17.3. The second-order valence-corrected chi connectivity index (χ2v) is 6.15. The molecule has 0 radical (unpaired) electrons. The van der Waals surface area contributed by atoms with E-state index in [1.165, 1.54) is 0 Å². The monoisotopic (exact) mass is 337 g/mol. The number of methoxy groups -OCH3 is 1. The minimum atomic E-state index is 0.0484. The summed E-state index contributed by atoms with van der Waals surface area (Å²) in [6.07, 6.45) is 7.82. The predicted octanol–water partition coefficient (Wildman–Crippen LogP) is 2.27. The molecule has 7 nitrogen and oxygen atoms in total. The highest BCUT2D eigenvalue weighted by molar-refractivity contribution is 5.96. The molecule has 1 aliphatic rings. The maximum Gasteiger partial charge on any atom is 0.229 e. The standard InChI is InChI=1S/C18H19N5O2/c1-21-10-13(8-20-21)17-9-19-12-23(17)15-7-18(24)22(11-15)14-3-5-16(25-2)6-4-14/h3-6,8-10,12,15H,7,11H2,1-2H3/t15-/m1/s1. The van der Waals surface area contributed by atoms with Crippen LogP contribution in [0.1, 0.15) is 12.5 Å². The van der Waals surface area contributed by atoms with Crippen LogP contribution < -0.4 is 9.64 Å². The molecule has 128 valence electrons. The molecule has 25 heavy (non-hydrogen) atoms. The zero-order valence-corrected chi connectivity index (χ0v) is 14.2. The van der Waals surface area contributed by atoms with Gasteiger partial charge in [0.25, 0.3) is 0 Å². The molecule has 2 aromatic heterocycles. The Morgan fingerprint density at radius 1 is 1.20 bits per heavy atom. The third-order valence-corrected chi connectivity index (χ3v) is 4.55. The molecule has 1 amide bonds. The minimum Gasteiger partial charge on any atom is -0.497 e. The van der Waals surface area contributed by atoms with Gasteiger partial charge in [-0.15, -0.1) is 0 Å². The summed E-state index contributed by atoms with van der Waals surface area (Å²) in [6, 6.07) is 7.61. The summed E-state index contributed by atoms with van der Waals surface area (Å²) < 4.78 is 9.01. The Morgan fingerprint density at radius 2 is 2.00 bits per heavy atom. The fourth-order valence-corrected chi connectivity index (χ4v) is 3.26. The van der Waals surface area contributed by atoms with E-state index in [-0.39, 0.29) is 11.9 Å². The van der Waals surface area contributed by atoms with E-state index in [4.69, 9.17) is 4.74 Å². The van der Waals surface area contributed by atoms with Gasteiger partial charge < -0.3 is 14.2 Å². The molecular formula is C18H19N5O2. The Labute approximate surface area is 145 Å². The number of hydrogen-bond acceptors (Lipinski definition) is 4. The van der Waals surface area contributed by atoms with Gasteiger partial charge in [-0.1, -0.05) is 0 Å². The number of imidazole rings is 1. The van der Waals surface area contributed by atoms with Crippen LogP contribution in [0.4, 0.5) is 5.69 Å². The van der Waals surface area contributed by atoms with E-state index >= 15 is 0 Å². The molecule has 1 atom stereocenters. The average molecular weight is 337 g/mol. The minimum absolute atomic E-state index is 0.0484. The summed E-state index contributed by atoms with van der Waals surface area (Å²) in [5.41, 5.74) is 2.86. The van der Waals surface area contributed by atoms with Gasteiger partial charge in [0.05, 0.1) is 37.6 Å². The third kappa shape index (κ3) is 2.77. The van der Waals surface area contributed by atoms with Crippen molar-refractivity contribution in [1.29, 1.82) is 0 Å². The highest BCUT2D eigenvalue weighted by Crippen LogP contribution is 2.32. The summed E-state index contributed by atoms with van der Waals surface area (Å²) in [7, 11) is 3.51. The van der Waals surface area contributed by atoms with E-state index in [0.717, 1.165) is 22.7 Å². The van der Waals surface area contributed by atoms with Crippen molar-refractivity contribution in [3.05, 3.63) is 49.2 Å². The lowest BCUT2D eigenvalue weighted by molar-refractivity contribution is -0.117. The fraction of sp³-hybridized carbons (Fsp3) is 0.278. The van der Waals surface area contributed by atoms with Crippen LogP contribution in [-0.2, 0) is 11.8 Å². The Hall–Kier alpha value is -3.09. The second kappa shape index (κ2) is 6.08. The van der Waals surface area contributed by atoms with Crippen molar-refractivity contribution in [3.63, 3.8) is 0 Å². The van der Waals surface area contributed by atoms with Crippen LogP contribution in [-0.4, -0.2) is 38.9 Å².